The van der Waals surface area contributed by atoms with Gasteiger partial charge in [0.1, 0.15) is 5.82 Å². The highest BCUT2D eigenvalue weighted by molar-refractivity contribution is 7.99. The molecule has 0 aliphatic carbocycles. The molecule has 0 radical (unpaired) electrons. The monoisotopic (exact) mass is 318 g/mol. The van der Waals surface area contributed by atoms with Crippen LogP contribution in [0.25, 0.3) is 0 Å². The quantitative estimate of drug-likeness (QED) is 0.796. The Bertz CT molecular complexity index is 610. The lowest BCUT2D eigenvalue weighted by Crippen LogP contribution is -2.28. The predicted octanol–water partition coefficient (Wildman–Crippen LogP) is 2.27. The van der Waals surface area contributed by atoms with Crippen LogP contribution in [0.3, 0.4) is 0 Å². The second-order valence-electron chi connectivity index (χ2n) is 5.61. The summed E-state index contributed by atoms with van der Waals surface area (Å²) in [5.41, 5.74) is 1.20. The molecule has 1 aromatic carbocycles. The van der Waals surface area contributed by atoms with Crippen LogP contribution >= 0.6 is 11.8 Å². The van der Waals surface area contributed by atoms with Gasteiger partial charge in [0.2, 0.25) is 5.91 Å². The first-order valence-corrected chi connectivity index (χ1v) is 8.36. The Morgan fingerprint density at radius 2 is 2.00 bits per heavy atom. The van der Waals surface area contributed by atoms with Crippen LogP contribution in [0, 0.1) is 5.92 Å². The second kappa shape index (κ2) is 7.98. The molecule has 1 amide bonds. The van der Waals surface area contributed by atoms with Crippen molar-refractivity contribution in [1.29, 1.82) is 0 Å². The minimum atomic E-state index is 0.0336. The zero-order chi connectivity index (χ0) is 15.9. The molecule has 0 saturated heterocycles. The third-order valence-corrected chi connectivity index (χ3v) is 4.19. The maximum Gasteiger partial charge on any atom is 0.230 e. The van der Waals surface area contributed by atoms with Crippen LogP contribution in [0.1, 0.15) is 25.2 Å². The van der Waals surface area contributed by atoms with E-state index in [1.165, 1.54) is 17.3 Å². The molecule has 0 aliphatic rings. The maximum atomic E-state index is 11.7. The SMILES string of the molecule is CC(C)CNC(=O)CSc1nnc(Cc2ccccc2)n1C. The molecule has 0 saturated carbocycles. The molecular weight excluding hydrogens is 296 g/mol. The number of aromatic nitrogens is 3. The van der Waals surface area contributed by atoms with Crippen LogP contribution in [-0.4, -0.2) is 33.0 Å². The van der Waals surface area contributed by atoms with Gasteiger partial charge in [-0.25, -0.2) is 0 Å². The molecule has 1 N–H and O–H groups in total. The Balaban J connectivity index is 1.89. The molecule has 0 aliphatic heterocycles. The average Bonchev–Trinajstić information content (AvgIpc) is 2.85. The van der Waals surface area contributed by atoms with Gasteiger partial charge in [-0.1, -0.05) is 55.9 Å². The molecule has 5 nitrogen and oxygen atoms in total. The molecule has 0 atom stereocenters. The number of nitrogens with one attached hydrogen (secondary N) is 1. The van der Waals surface area contributed by atoms with Crippen molar-refractivity contribution in [2.45, 2.75) is 25.4 Å². The number of hydrogen-bond acceptors (Lipinski definition) is 4. The smallest absolute Gasteiger partial charge is 0.230 e. The van der Waals surface area contributed by atoms with E-state index in [2.05, 4.69) is 41.5 Å². The molecule has 1 heterocycles. The van der Waals surface area contributed by atoms with Gasteiger partial charge in [-0.2, -0.15) is 0 Å². The predicted molar refractivity (Wildman–Crippen MR) is 88.8 cm³/mol. The second-order valence-corrected chi connectivity index (χ2v) is 6.55. The molecule has 118 valence electrons. The zero-order valence-electron chi connectivity index (χ0n) is 13.2. The Labute approximate surface area is 135 Å². The molecule has 1 aromatic heterocycles. The number of rotatable bonds is 7. The van der Waals surface area contributed by atoms with E-state index in [0.29, 0.717) is 18.2 Å². The summed E-state index contributed by atoms with van der Waals surface area (Å²) in [5, 5.41) is 12.1. The summed E-state index contributed by atoms with van der Waals surface area (Å²) in [7, 11) is 1.94. The van der Waals surface area contributed by atoms with Crippen molar-refractivity contribution in [3.63, 3.8) is 0 Å². The first-order valence-electron chi connectivity index (χ1n) is 7.38. The minimum Gasteiger partial charge on any atom is -0.355 e. The van der Waals surface area contributed by atoms with Gasteiger partial charge in [0, 0.05) is 20.0 Å². The van der Waals surface area contributed by atoms with Crippen molar-refractivity contribution >= 4 is 17.7 Å². The van der Waals surface area contributed by atoms with Crippen LogP contribution in [0.5, 0.6) is 0 Å². The zero-order valence-corrected chi connectivity index (χ0v) is 14.1. The number of carbonyl (C=O) groups is 1. The Morgan fingerprint density at radius 1 is 1.27 bits per heavy atom. The van der Waals surface area contributed by atoms with E-state index in [0.717, 1.165) is 17.4 Å². The van der Waals surface area contributed by atoms with Gasteiger partial charge in [-0.15, -0.1) is 10.2 Å². The minimum absolute atomic E-state index is 0.0336. The highest BCUT2D eigenvalue weighted by Crippen LogP contribution is 2.17. The topological polar surface area (TPSA) is 59.8 Å². The summed E-state index contributed by atoms with van der Waals surface area (Å²) in [6.07, 6.45) is 0.741. The summed E-state index contributed by atoms with van der Waals surface area (Å²) in [6.45, 7) is 4.86. The Morgan fingerprint density at radius 3 is 2.68 bits per heavy atom. The van der Waals surface area contributed by atoms with Crippen molar-refractivity contribution in [3.05, 3.63) is 41.7 Å². The van der Waals surface area contributed by atoms with E-state index in [1.54, 1.807) is 0 Å². The van der Waals surface area contributed by atoms with E-state index in [1.807, 2.05) is 29.8 Å². The van der Waals surface area contributed by atoms with Gasteiger partial charge in [-0.3, -0.25) is 4.79 Å². The van der Waals surface area contributed by atoms with Crippen molar-refractivity contribution in [2.24, 2.45) is 13.0 Å². The highest BCUT2D eigenvalue weighted by Gasteiger charge is 2.11. The fraction of sp³-hybridized carbons (Fsp3) is 0.438. The molecule has 6 heteroatoms. The molecular formula is C16H22N4OS. The molecule has 0 fully saturated rings. The van der Waals surface area contributed by atoms with E-state index in [-0.39, 0.29) is 5.91 Å². The molecule has 0 spiro atoms. The molecule has 0 bridgehead atoms. The summed E-state index contributed by atoms with van der Waals surface area (Å²) in [6, 6.07) is 10.2. The van der Waals surface area contributed by atoms with Crippen LogP contribution < -0.4 is 5.32 Å². The average molecular weight is 318 g/mol. The molecule has 2 aromatic rings. The number of thioether (sulfide) groups is 1. The Hall–Kier alpha value is -1.82. The lowest BCUT2D eigenvalue weighted by Gasteiger charge is -2.07. The summed E-state index contributed by atoms with van der Waals surface area (Å²) < 4.78 is 1.95. The van der Waals surface area contributed by atoms with Crippen molar-refractivity contribution < 1.29 is 4.79 Å². The number of carbonyl (C=O) groups excluding carboxylic acids is 1. The normalized spacial score (nSPS) is 10.9. The van der Waals surface area contributed by atoms with E-state index >= 15 is 0 Å². The first-order chi connectivity index (χ1) is 10.6. The van der Waals surface area contributed by atoms with Crippen LogP contribution in [-0.2, 0) is 18.3 Å². The standard InChI is InChI=1S/C16H22N4OS/c1-12(2)10-17-15(21)11-22-16-19-18-14(20(16)3)9-13-7-5-4-6-8-13/h4-8,12H,9-11H2,1-3H3,(H,17,21). The van der Waals surface area contributed by atoms with E-state index in [9.17, 15) is 4.79 Å². The van der Waals surface area contributed by atoms with Crippen molar-refractivity contribution in [1.82, 2.24) is 20.1 Å². The highest BCUT2D eigenvalue weighted by atomic mass is 32.2. The largest absolute Gasteiger partial charge is 0.355 e. The number of benzene rings is 1. The lowest BCUT2D eigenvalue weighted by molar-refractivity contribution is -0.118. The molecule has 0 unspecified atom stereocenters. The van der Waals surface area contributed by atoms with Crippen LogP contribution in [0.15, 0.2) is 35.5 Å². The van der Waals surface area contributed by atoms with Crippen LogP contribution in [0.2, 0.25) is 0 Å². The Kier molecular flexibility index (Phi) is 6.00. The number of hydrogen-bond donors (Lipinski definition) is 1. The summed E-state index contributed by atoms with van der Waals surface area (Å²) >= 11 is 1.42. The van der Waals surface area contributed by atoms with E-state index in [4.69, 9.17) is 0 Å². The molecule has 2 rings (SSSR count). The maximum absolute atomic E-state index is 11.7. The fourth-order valence-electron chi connectivity index (χ4n) is 1.90. The van der Waals surface area contributed by atoms with Gasteiger partial charge in [-0.05, 0) is 11.5 Å². The van der Waals surface area contributed by atoms with Gasteiger partial charge >= 0.3 is 0 Å². The first kappa shape index (κ1) is 16.5. The summed E-state index contributed by atoms with van der Waals surface area (Å²) in [4.78, 5) is 11.7. The van der Waals surface area contributed by atoms with Gasteiger partial charge < -0.3 is 9.88 Å². The number of nitrogens with zero attached hydrogens (tertiary/aromatic N) is 3. The number of amides is 1. The summed E-state index contributed by atoms with van der Waals surface area (Å²) in [5.74, 6) is 1.76. The van der Waals surface area contributed by atoms with Gasteiger partial charge in [0.05, 0.1) is 5.75 Å². The fourth-order valence-corrected chi connectivity index (χ4v) is 2.66. The van der Waals surface area contributed by atoms with Crippen molar-refractivity contribution in [3.8, 4) is 0 Å². The van der Waals surface area contributed by atoms with Gasteiger partial charge in [0.15, 0.2) is 5.16 Å². The lowest BCUT2D eigenvalue weighted by atomic mass is 10.1. The van der Waals surface area contributed by atoms with Crippen LogP contribution in [0.4, 0.5) is 0 Å². The van der Waals surface area contributed by atoms with Crippen molar-refractivity contribution in [2.75, 3.05) is 12.3 Å². The van der Waals surface area contributed by atoms with E-state index < -0.39 is 0 Å². The van der Waals surface area contributed by atoms with Gasteiger partial charge in [0.25, 0.3) is 0 Å². The third kappa shape index (κ3) is 4.87. The molecule has 22 heavy (non-hydrogen) atoms. The third-order valence-electron chi connectivity index (χ3n) is 3.17.